The van der Waals surface area contributed by atoms with Crippen molar-refractivity contribution < 1.29 is 14.4 Å². The van der Waals surface area contributed by atoms with E-state index in [1.165, 1.54) is 0 Å². The lowest BCUT2D eigenvalue weighted by Crippen LogP contribution is -2.41. The summed E-state index contributed by atoms with van der Waals surface area (Å²) in [5.41, 5.74) is 6.07. The Morgan fingerprint density at radius 3 is 1.95 bits per heavy atom. The monoisotopic (exact) mass is 265 g/mol. The normalized spacial score (nSPS) is 19.8. The van der Waals surface area contributed by atoms with Crippen molar-refractivity contribution in [1.82, 2.24) is 0 Å². The molecule has 0 radical (unpaired) electrons. The smallest absolute Gasteiger partial charge is 0.494 e. The maximum absolute atomic E-state index is 9.39. The van der Waals surface area contributed by atoms with Crippen molar-refractivity contribution in [1.29, 1.82) is 0 Å². The van der Waals surface area contributed by atoms with Crippen molar-refractivity contribution in [2.75, 3.05) is 5.73 Å². The molecule has 0 atom stereocenters. The van der Waals surface area contributed by atoms with Crippen LogP contribution in [-0.4, -0.2) is 23.4 Å². The van der Waals surface area contributed by atoms with Crippen LogP contribution in [0, 0.1) is 0 Å². The lowest BCUT2D eigenvalue weighted by Gasteiger charge is -2.32. The van der Waals surface area contributed by atoms with Gasteiger partial charge in [-0.05, 0) is 45.3 Å². The minimum absolute atomic E-state index is 0.0743. The van der Waals surface area contributed by atoms with Gasteiger partial charge in [-0.25, -0.2) is 0 Å². The third-order valence-corrected chi connectivity index (χ3v) is 3.58. The highest BCUT2D eigenvalue weighted by Gasteiger charge is 2.51. The Labute approximate surface area is 116 Å². The van der Waals surface area contributed by atoms with Crippen molar-refractivity contribution in [3.8, 4) is 5.75 Å². The summed E-state index contributed by atoms with van der Waals surface area (Å²) in [6.07, 6.45) is 0. The Balaban J connectivity index is 0.000000861. The molecule has 3 N–H and O–H groups in total. The lowest BCUT2D eigenvalue weighted by molar-refractivity contribution is 0.00578. The van der Waals surface area contributed by atoms with E-state index < -0.39 is 7.12 Å². The molecular formula is C14H24BNO3. The van der Waals surface area contributed by atoms with Crippen LogP contribution in [0.15, 0.2) is 18.2 Å². The van der Waals surface area contributed by atoms with E-state index in [1.807, 2.05) is 41.5 Å². The topological polar surface area (TPSA) is 64.7 Å². The van der Waals surface area contributed by atoms with Gasteiger partial charge in [-0.15, -0.1) is 0 Å². The van der Waals surface area contributed by atoms with Gasteiger partial charge in [-0.2, -0.15) is 0 Å². The number of nitrogens with two attached hydrogens (primary N) is 1. The quantitative estimate of drug-likeness (QED) is 0.464. The van der Waals surface area contributed by atoms with Crippen LogP contribution >= 0.6 is 0 Å². The highest BCUT2D eigenvalue weighted by molar-refractivity contribution is 6.62. The second kappa shape index (κ2) is 5.43. The van der Waals surface area contributed by atoms with E-state index in [1.54, 1.807) is 18.2 Å². The van der Waals surface area contributed by atoms with E-state index in [0.717, 1.165) is 5.46 Å². The lowest BCUT2D eigenvalue weighted by atomic mass is 9.79. The molecule has 0 saturated carbocycles. The molecule has 0 unspecified atom stereocenters. The van der Waals surface area contributed by atoms with E-state index in [2.05, 4.69) is 0 Å². The van der Waals surface area contributed by atoms with Crippen LogP contribution in [-0.2, 0) is 9.31 Å². The first-order valence-electron chi connectivity index (χ1n) is 6.67. The number of aromatic hydroxyl groups is 1. The summed E-state index contributed by atoms with van der Waals surface area (Å²) in [5, 5.41) is 9.39. The van der Waals surface area contributed by atoms with Crippen molar-refractivity contribution in [2.45, 2.75) is 52.7 Å². The number of anilines is 1. The Hall–Kier alpha value is -1.20. The van der Waals surface area contributed by atoms with E-state index in [9.17, 15) is 5.11 Å². The van der Waals surface area contributed by atoms with Gasteiger partial charge in [-0.3, -0.25) is 0 Å². The van der Waals surface area contributed by atoms with Gasteiger partial charge in [0, 0.05) is 0 Å². The van der Waals surface area contributed by atoms with Crippen LogP contribution in [0.5, 0.6) is 5.75 Å². The number of phenols is 1. The minimum atomic E-state index is -0.442. The number of nitrogen functional groups attached to an aromatic ring is 1. The Bertz CT molecular complexity index is 430. The van der Waals surface area contributed by atoms with Crippen LogP contribution in [0.4, 0.5) is 5.69 Å². The molecule has 0 spiro atoms. The molecule has 1 aliphatic heterocycles. The van der Waals surface area contributed by atoms with Gasteiger partial charge in [0.15, 0.2) is 0 Å². The van der Waals surface area contributed by atoms with Crippen LogP contribution in [0.25, 0.3) is 0 Å². The van der Waals surface area contributed by atoms with Gasteiger partial charge < -0.3 is 20.1 Å². The first-order valence-corrected chi connectivity index (χ1v) is 6.67. The highest BCUT2D eigenvalue weighted by atomic mass is 16.7. The number of hydrogen-bond acceptors (Lipinski definition) is 4. The predicted molar refractivity (Wildman–Crippen MR) is 79.6 cm³/mol. The van der Waals surface area contributed by atoms with Gasteiger partial charge in [0.25, 0.3) is 0 Å². The molecule has 0 aliphatic carbocycles. The van der Waals surface area contributed by atoms with Gasteiger partial charge in [0.2, 0.25) is 0 Å². The number of hydrogen-bond donors (Lipinski definition) is 2. The molecule has 1 aliphatic rings. The largest absolute Gasteiger partial charge is 0.506 e. The Morgan fingerprint density at radius 2 is 1.53 bits per heavy atom. The van der Waals surface area contributed by atoms with Crippen molar-refractivity contribution in [3.63, 3.8) is 0 Å². The molecule has 5 heteroatoms. The predicted octanol–water partition coefficient (Wildman–Crippen LogP) is 2.30. The zero-order valence-corrected chi connectivity index (χ0v) is 12.7. The standard InChI is InChI=1S/C12H18BNO3.C2H6/c1-11(2)12(3,4)17-13(16-11)8-5-6-10(15)9(14)7-8;1-2/h5-7,15H,14H2,1-4H3;1-2H3. The second-order valence-electron chi connectivity index (χ2n) is 5.41. The molecule has 1 fully saturated rings. The van der Waals surface area contributed by atoms with Crippen molar-refractivity contribution in [3.05, 3.63) is 18.2 Å². The van der Waals surface area contributed by atoms with E-state index in [0.29, 0.717) is 5.69 Å². The summed E-state index contributed by atoms with van der Waals surface area (Å²) in [7, 11) is -0.442. The van der Waals surface area contributed by atoms with Crippen LogP contribution in [0.3, 0.4) is 0 Å². The zero-order valence-electron chi connectivity index (χ0n) is 12.7. The van der Waals surface area contributed by atoms with E-state index >= 15 is 0 Å². The summed E-state index contributed by atoms with van der Waals surface area (Å²) in [5.74, 6) is 0.0743. The highest BCUT2D eigenvalue weighted by Crippen LogP contribution is 2.36. The average Bonchev–Trinajstić information content (AvgIpc) is 2.55. The first-order chi connectivity index (χ1) is 8.73. The Kier molecular flexibility index (Phi) is 4.53. The summed E-state index contributed by atoms with van der Waals surface area (Å²) in [4.78, 5) is 0. The van der Waals surface area contributed by atoms with Gasteiger partial charge >= 0.3 is 7.12 Å². The zero-order chi connectivity index (χ0) is 14.8. The SMILES string of the molecule is CC.CC1(C)OB(c2ccc(O)c(N)c2)OC1(C)C. The van der Waals surface area contributed by atoms with Crippen molar-refractivity contribution in [2.24, 2.45) is 0 Å². The van der Waals surface area contributed by atoms with E-state index in [4.69, 9.17) is 15.0 Å². The molecule has 1 aromatic carbocycles. The fraction of sp³-hybridized carbons (Fsp3) is 0.571. The molecular weight excluding hydrogens is 241 g/mol. The summed E-state index contributed by atoms with van der Waals surface area (Å²) in [6, 6.07) is 4.99. The molecule has 2 rings (SSSR count). The summed E-state index contributed by atoms with van der Waals surface area (Å²) < 4.78 is 11.8. The van der Waals surface area contributed by atoms with Gasteiger partial charge in [-0.1, -0.05) is 19.9 Å². The molecule has 19 heavy (non-hydrogen) atoms. The second-order valence-corrected chi connectivity index (χ2v) is 5.41. The molecule has 0 aromatic heterocycles. The van der Waals surface area contributed by atoms with E-state index in [-0.39, 0.29) is 17.0 Å². The molecule has 0 amide bonds. The minimum Gasteiger partial charge on any atom is -0.506 e. The molecule has 4 nitrogen and oxygen atoms in total. The molecule has 1 aromatic rings. The number of benzene rings is 1. The Morgan fingerprint density at radius 1 is 1.05 bits per heavy atom. The molecule has 1 saturated heterocycles. The first kappa shape index (κ1) is 15.9. The van der Waals surface area contributed by atoms with Crippen LogP contribution in [0.1, 0.15) is 41.5 Å². The third-order valence-electron chi connectivity index (χ3n) is 3.58. The fourth-order valence-corrected chi connectivity index (χ4v) is 1.70. The maximum atomic E-state index is 9.39. The maximum Gasteiger partial charge on any atom is 0.494 e. The van der Waals surface area contributed by atoms with Crippen LogP contribution < -0.4 is 11.2 Å². The number of rotatable bonds is 1. The summed E-state index contributed by atoms with van der Waals surface area (Å²) in [6.45, 7) is 12.0. The number of phenolic OH excluding ortho intramolecular Hbond substituents is 1. The average molecular weight is 265 g/mol. The van der Waals surface area contributed by atoms with Gasteiger partial charge in [0.1, 0.15) is 5.75 Å². The van der Waals surface area contributed by atoms with Crippen LogP contribution in [0.2, 0.25) is 0 Å². The fourth-order valence-electron chi connectivity index (χ4n) is 1.70. The van der Waals surface area contributed by atoms with Crippen molar-refractivity contribution >= 4 is 18.3 Å². The summed E-state index contributed by atoms with van der Waals surface area (Å²) >= 11 is 0. The van der Waals surface area contributed by atoms with Gasteiger partial charge in [0.05, 0.1) is 16.9 Å². The molecule has 1 heterocycles. The third kappa shape index (κ3) is 3.04. The molecule has 106 valence electrons. The molecule has 0 bridgehead atoms.